The minimum absolute atomic E-state index is 0.0228. The van der Waals surface area contributed by atoms with Gasteiger partial charge in [0.2, 0.25) is 0 Å². The van der Waals surface area contributed by atoms with E-state index >= 15 is 0 Å². The van der Waals surface area contributed by atoms with E-state index in [9.17, 15) is 13.2 Å². The molecule has 5 heteroatoms. The van der Waals surface area contributed by atoms with E-state index in [0.717, 1.165) is 6.26 Å². The van der Waals surface area contributed by atoms with Crippen LogP contribution in [0.25, 0.3) is 0 Å². The molecule has 0 aliphatic heterocycles. The number of nitrogens with one attached hydrogen (secondary N) is 1. The summed E-state index contributed by atoms with van der Waals surface area (Å²) in [5.74, 6) is -0.192. The molecular weight excluding hydrogens is 262 g/mol. The van der Waals surface area contributed by atoms with Gasteiger partial charge in [0.05, 0.1) is 4.90 Å². The molecule has 1 aromatic rings. The summed E-state index contributed by atoms with van der Waals surface area (Å²) in [6.45, 7) is 8.09. The predicted octanol–water partition coefficient (Wildman–Crippen LogP) is 2.25. The van der Waals surface area contributed by atoms with Gasteiger partial charge in [0, 0.05) is 17.9 Å². The molecule has 1 atom stereocenters. The Kier molecular flexibility index (Phi) is 4.40. The van der Waals surface area contributed by atoms with Gasteiger partial charge in [0.15, 0.2) is 9.84 Å². The van der Waals surface area contributed by atoms with Crippen LogP contribution in [-0.2, 0) is 9.84 Å². The van der Waals surface area contributed by atoms with Crippen molar-refractivity contribution in [2.24, 2.45) is 5.41 Å². The van der Waals surface area contributed by atoms with E-state index in [1.54, 1.807) is 0 Å². The van der Waals surface area contributed by atoms with Gasteiger partial charge in [-0.1, -0.05) is 20.8 Å². The van der Waals surface area contributed by atoms with Crippen LogP contribution < -0.4 is 5.32 Å². The standard InChI is InChI=1S/C14H21NO3S/c1-10(14(2,3)4)15-13(16)11-6-8-12(9-7-11)19(5,17)18/h6-10H,1-5H3,(H,15,16)/t10-/m1/s1. The van der Waals surface area contributed by atoms with Crippen LogP contribution in [0.4, 0.5) is 0 Å². The van der Waals surface area contributed by atoms with Gasteiger partial charge in [0.1, 0.15) is 0 Å². The van der Waals surface area contributed by atoms with E-state index in [2.05, 4.69) is 5.32 Å². The zero-order valence-electron chi connectivity index (χ0n) is 12.0. The molecule has 0 aromatic heterocycles. The zero-order chi connectivity index (χ0) is 14.8. The normalized spacial score (nSPS) is 13.9. The molecule has 1 amide bonds. The van der Waals surface area contributed by atoms with Crippen molar-refractivity contribution in [3.8, 4) is 0 Å². The second-order valence-corrected chi connectivity index (χ2v) is 7.87. The molecular formula is C14H21NO3S. The lowest BCUT2D eigenvalue weighted by molar-refractivity contribution is 0.0910. The molecule has 4 nitrogen and oxygen atoms in total. The Morgan fingerprint density at radius 3 is 2.00 bits per heavy atom. The Morgan fingerprint density at radius 2 is 1.63 bits per heavy atom. The largest absolute Gasteiger partial charge is 0.349 e. The fourth-order valence-electron chi connectivity index (χ4n) is 1.35. The molecule has 0 fully saturated rings. The third kappa shape index (κ3) is 4.35. The highest BCUT2D eigenvalue weighted by Crippen LogP contribution is 2.19. The fourth-order valence-corrected chi connectivity index (χ4v) is 1.98. The Morgan fingerprint density at radius 1 is 1.16 bits per heavy atom. The van der Waals surface area contributed by atoms with Crippen LogP contribution in [0, 0.1) is 5.41 Å². The molecule has 0 radical (unpaired) electrons. The molecule has 106 valence electrons. The summed E-state index contributed by atoms with van der Waals surface area (Å²) in [5, 5.41) is 2.91. The first-order chi connectivity index (χ1) is 8.51. The number of amides is 1. The SMILES string of the molecule is C[C@@H](NC(=O)c1ccc(S(C)(=O)=O)cc1)C(C)(C)C. The first kappa shape index (κ1) is 15.7. The van der Waals surface area contributed by atoms with E-state index in [0.29, 0.717) is 5.56 Å². The first-order valence-corrected chi connectivity index (χ1v) is 8.02. The van der Waals surface area contributed by atoms with Crippen molar-refractivity contribution >= 4 is 15.7 Å². The maximum Gasteiger partial charge on any atom is 0.251 e. The molecule has 0 unspecified atom stereocenters. The van der Waals surface area contributed by atoms with Crippen molar-refractivity contribution in [3.05, 3.63) is 29.8 Å². The van der Waals surface area contributed by atoms with Gasteiger partial charge in [-0.25, -0.2) is 8.42 Å². The maximum atomic E-state index is 12.0. The number of rotatable bonds is 3. The lowest BCUT2D eigenvalue weighted by Gasteiger charge is -2.28. The van der Waals surface area contributed by atoms with Crippen molar-refractivity contribution in [1.29, 1.82) is 0 Å². The number of carbonyl (C=O) groups is 1. The minimum atomic E-state index is -3.22. The molecule has 0 heterocycles. The van der Waals surface area contributed by atoms with Gasteiger partial charge in [-0.2, -0.15) is 0 Å². The van der Waals surface area contributed by atoms with Crippen LogP contribution >= 0.6 is 0 Å². The summed E-state index contributed by atoms with van der Waals surface area (Å²) in [7, 11) is -3.22. The Balaban J connectivity index is 2.85. The van der Waals surface area contributed by atoms with Gasteiger partial charge in [0.25, 0.3) is 5.91 Å². The van der Waals surface area contributed by atoms with Crippen LogP contribution in [0.3, 0.4) is 0 Å². The van der Waals surface area contributed by atoms with Crippen molar-refractivity contribution < 1.29 is 13.2 Å². The van der Waals surface area contributed by atoms with E-state index < -0.39 is 9.84 Å². The highest BCUT2D eigenvalue weighted by Gasteiger charge is 2.22. The second kappa shape index (κ2) is 5.33. The average Bonchev–Trinajstić information content (AvgIpc) is 2.26. The zero-order valence-corrected chi connectivity index (χ0v) is 12.8. The molecule has 1 aromatic carbocycles. The first-order valence-electron chi connectivity index (χ1n) is 6.13. The molecule has 1 N–H and O–H groups in total. The molecule has 19 heavy (non-hydrogen) atoms. The van der Waals surface area contributed by atoms with Crippen molar-refractivity contribution in [3.63, 3.8) is 0 Å². The van der Waals surface area contributed by atoms with Gasteiger partial charge < -0.3 is 5.32 Å². The van der Waals surface area contributed by atoms with Crippen LogP contribution in [-0.4, -0.2) is 26.6 Å². The molecule has 0 bridgehead atoms. The Labute approximate surface area is 115 Å². The highest BCUT2D eigenvalue weighted by molar-refractivity contribution is 7.90. The fraction of sp³-hybridized carbons (Fsp3) is 0.500. The molecule has 1 rings (SSSR count). The summed E-state index contributed by atoms with van der Waals surface area (Å²) >= 11 is 0. The molecule has 0 saturated carbocycles. The summed E-state index contributed by atoms with van der Waals surface area (Å²) in [6, 6.07) is 5.98. The number of benzene rings is 1. The summed E-state index contributed by atoms with van der Waals surface area (Å²) in [6.07, 6.45) is 1.14. The monoisotopic (exact) mass is 283 g/mol. The summed E-state index contributed by atoms with van der Waals surface area (Å²) < 4.78 is 22.6. The minimum Gasteiger partial charge on any atom is -0.349 e. The number of hydrogen-bond acceptors (Lipinski definition) is 3. The topological polar surface area (TPSA) is 63.2 Å². The summed E-state index contributed by atoms with van der Waals surface area (Å²) in [5.41, 5.74) is 0.436. The van der Waals surface area contributed by atoms with E-state index in [4.69, 9.17) is 0 Å². The smallest absolute Gasteiger partial charge is 0.251 e. The van der Waals surface area contributed by atoms with Crippen molar-refractivity contribution in [2.75, 3.05) is 6.26 Å². The Hall–Kier alpha value is -1.36. The lowest BCUT2D eigenvalue weighted by Crippen LogP contribution is -2.41. The van der Waals surface area contributed by atoms with Crippen LogP contribution in [0.2, 0.25) is 0 Å². The maximum absolute atomic E-state index is 12.0. The third-order valence-corrected chi connectivity index (χ3v) is 4.32. The van der Waals surface area contributed by atoms with E-state index in [1.165, 1.54) is 24.3 Å². The quantitative estimate of drug-likeness (QED) is 0.925. The van der Waals surface area contributed by atoms with Gasteiger partial charge in [-0.3, -0.25) is 4.79 Å². The molecule has 0 aliphatic rings. The van der Waals surface area contributed by atoms with Gasteiger partial charge in [-0.05, 0) is 36.6 Å². The molecule has 0 spiro atoms. The van der Waals surface area contributed by atoms with Crippen LogP contribution in [0.1, 0.15) is 38.1 Å². The van der Waals surface area contributed by atoms with Gasteiger partial charge >= 0.3 is 0 Å². The van der Waals surface area contributed by atoms with Crippen molar-refractivity contribution in [1.82, 2.24) is 5.32 Å². The lowest BCUT2D eigenvalue weighted by atomic mass is 9.88. The average molecular weight is 283 g/mol. The summed E-state index contributed by atoms with van der Waals surface area (Å²) in [4.78, 5) is 12.2. The van der Waals surface area contributed by atoms with E-state index in [1.807, 2.05) is 27.7 Å². The second-order valence-electron chi connectivity index (χ2n) is 5.86. The van der Waals surface area contributed by atoms with Crippen LogP contribution in [0.15, 0.2) is 29.2 Å². The molecule has 0 aliphatic carbocycles. The van der Waals surface area contributed by atoms with E-state index in [-0.39, 0.29) is 22.3 Å². The van der Waals surface area contributed by atoms with Crippen molar-refractivity contribution in [2.45, 2.75) is 38.6 Å². The predicted molar refractivity (Wildman–Crippen MR) is 75.9 cm³/mol. The highest BCUT2D eigenvalue weighted by atomic mass is 32.2. The number of hydrogen-bond donors (Lipinski definition) is 1. The van der Waals surface area contributed by atoms with Crippen LogP contribution in [0.5, 0.6) is 0 Å². The molecule has 0 saturated heterocycles. The number of carbonyl (C=O) groups excluding carboxylic acids is 1. The number of sulfone groups is 1. The third-order valence-electron chi connectivity index (χ3n) is 3.19. The Bertz CT molecular complexity index is 553. The van der Waals surface area contributed by atoms with Gasteiger partial charge in [-0.15, -0.1) is 0 Å².